The summed E-state index contributed by atoms with van der Waals surface area (Å²) in [5.41, 5.74) is 1.90. The smallest absolute Gasteiger partial charge is 0.405 e. The number of benzene rings is 2. The number of hydrogen-bond donors (Lipinski definition) is 2. The highest BCUT2D eigenvalue weighted by Gasteiger charge is 2.28. The molecule has 3 rings (SSSR count). The van der Waals surface area contributed by atoms with Crippen LogP contribution in [-0.2, 0) is 27.6 Å². The van der Waals surface area contributed by atoms with Crippen LogP contribution in [0.2, 0.25) is 0 Å². The number of nitrogens with zero attached hydrogens (tertiary/aromatic N) is 2. The maximum Gasteiger partial charge on any atom is 0.405 e. The van der Waals surface area contributed by atoms with E-state index in [1.165, 1.54) is 6.26 Å². The van der Waals surface area contributed by atoms with Gasteiger partial charge in [0.1, 0.15) is 6.04 Å². The summed E-state index contributed by atoms with van der Waals surface area (Å²) in [5.74, 6) is -0.219. The number of sulfone groups is 1. The zero-order chi connectivity index (χ0) is 22.4. The fourth-order valence-corrected chi connectivity index (χ4v) is 4.28. The highest BCUT2D eigenvalue weighted by molar-refractivity contribution is 7.90. The zero-order valence-electron chi connectivity index (χ0n) is 17.4. The first-order chi connectivity index (χ1) is 14.7. The lowest BCUT2D eigenvalue weighted by atomic mass is 10.0. The Balaban J connectivity index is 1.56. The highest BCUT2D eigenvalue weighted by atomic mass is 32.2. The third-order valence-corrected chi connectivity index (χ3v) is 6.45. The molecular weight excluding hydrogens is 418 g/mol. The van der Waals surface area contributed by atoms with E-state index in [1.54, 1.807) is 29.2 Å². The minimum atomic E-state index is -3.21. The molecule has 31 heavy (non-hydrogen) atoms. The fraction of sp³-hybridized carbons (Fsp3) is 0.364. The molecule has 1 fully saturated rings. The maximum atomic E-state index is 13.0. The average molecular weight is 446 g/mol. The summed E-state index contributed by atoms with van der Waals surface area (Å²) in [7, 11) is -3.21. The van der Waals surface area contributed by atoms with Crippen molar-refractivity contribution in [3.05, 3.63) is 65.7 Å². The molecule has 0 aliphatic carbocycles. The van der Waals surface area contributed by atoms with Crippen LogP contribution >= 0.6 is 0 Å². The lowest BCUT2D eigenvalue weighted by Gasteiger charge is -2.36. The Labute approximate surface area is 182 Å². The fourth-order valence-electron chi connectivity index (χ4n) is 3.65. The van der Waals surface area contributed by atoms with Crippen molar-refractivity contribution in [3.63, 3.8) is 0 Å². The molecule has 0 radical (unpaired) electrons. The Bertz CT molecular complexity index is 1000. The summed E-state index contributed by atoms with van der Waals surface area (Å²) in [6.45, 7) is 2.99. The number of carboxylic acid groups (broad SMARTS) is 1. The van der Waals surface area contributed by atoms with E-state index in [0.717, 1.165) is 11.1 Å². The SMILES string of the molecule is CS(=O)(=O)c1ccc(CN2CCN(C(=O)C(Cc3ccccc3)NC(=O)O)CC2)cc1. The summed E-state index contributed by atoms with van der Waals surface area (Å²) in [5, 5.41) is 11.5. The summed E-state index contributed by atoms with van der Waals surface area (Å²) in [6.07, 6.45) is 0.270. The Hall–Kier alpha value is -2.91. The van der Waals surface area contributed by atoms with E-state index in [-0.39, 0.29) is 5.91 Å². The monoisotopic (exact) mass is 445 g/mol. The van der Waals surface area contributed by atoms with Crippen molar-refractivity contribution < 1.29 is 23.1 Å². The third kappa shape index (κ3) is 6.53. The first kappa shape index (κ1) is 22.8. The minimum Gasteiger partial charge on any atom is -0.465 e. The van der Waals surface area contributed by atoms with Crippen LogP contribution in [0.5, 0.6) is 0 Å². The maximum absolute atomic E-state index is 13.0. The quantitative estimate of drug-likeness (QED) is 0.671. The number of rotatable bonds is 7. The van der Waals surface area contributed by atoms with Crippen LogP contribution in [0, 0.1) is 0 Å². The van der Waals surface area contributed by atoms with Gasteiger partial charge in [-0.05, 0) is 23.3 Å². The summed E-state index contributed by atoms with van der Waals surface area (Å²) >= 11 is 0. The van der Waals surface area contributed by atoms with Gasteiger partial charge in [-0.15, -0.1) is 0 Å². The predicted octanol–water partition coefficient (Wildman–Crippen LogP) is 1.61. The van der Waals surface area contributed by atoms with Gasteiger partial charge in [0.25, 0.3) is 0 Å². The predicted molar refractivity (Wildman–Crippen MR) is 117 cm³/mol. The van der Waals surface area contributed by atoms with Crippen LogP contribution in [0.1, 0.15) is 11.1 Å². The molecule has 0 bridgehead atoms. The van der Waals surface area contributed by atoms with Gasteiger partial charge in [-0.1, -0.05) is 42.5 Å². The molecule has 166 valence electrons. The van der Waals surface area contributed by atoms with E-state index in [0.29, 0.717) is 44.0 Å². The van der Waals surface area contributed by atoms with Gasteiger partial charge in [-0.2, -0.15) is 0 Å². The Morgan fingerprint density at radius 2 is 1.58 bits per heavy atom. The van der Waals surface area contributed by atoms with Gasteiger partial charge >= 0.3 is 6.09 Å². The van der Waals surface area contributed by atoms with Crippen LogP contribution in [-0.4, -0.2) is 73.8 Å². The number of hydrogen-bond acceptors (Lipinski definition) is 5. The number of carbonyl (C=O) groups is 2. The van der Waals surface area contributed by atoms with Gasteiger partial charge in [-0.25, -0.2) is 13.2 Å². The largest absolute Gasteiger partial charge is 0.465 e. The normalized spacial score (nSPS) is 16.0. The van der Waals surface area contributed by atoms with Crippen LogP contribution in [0.25, 0.3) is 0 Å². The molecule has 1 atom stereocenters. The van der Waals surface area contributed by atoms with Crippen LogP contribution in [0.4, 0.5) is 4.79 Å². The van der Waals surface area contributed by atoms with E-state index in [2.05, 4.69) is 10.2 Å². The first-order valence-electron chi connectivity index (χ1n) is 10.1. The van der Waals surface area contributed by atoms with Crippen LogP contribution < -0.4 is 5.32 Å². The van der Waals surface area contributed by atoms with Crippen molar-refractivity contribution in [2.75, 3.05) is 32.4 Å². The van der Waals surface area contributed by atoms with Gasteiger partial charge in [-0.3, -0.25) is 9.69 Å². The molecule has 2 amide bonds. The summed E-state index contributed by atoms with van der Waals surface area (Å²) < 4.78 is 23.2. The second-order valence-electron chi connectivity index (χ2n) is 7.71. The van der Waals surface area contributed by atoms with E-state index in [1.807, 2.05) is 30.3 Å². The summed E-state index contributed by atoms with van der Waals surface area (Å²) in [4.78, 5) is 28.3. The lowest BCUT2D eigenvalue weighted by molar-refractivity contribution is -0.135. The molecule has 0 spiro atoms. The van der Waals surface area contributed by atoms with Crippen molar-refractivity contribution >= 4 is 21.8 Å². The van der Waals surface area contributed by atoms with Crippen molar-refractivity contribution in [2.24, 2.45) is 0 Å². The standard InChI is InChI=1S/C22H27N3O5S/c1-31(29,30)19-9-7-18(8-10-19)16-24-11-13-25(14-12-24)21(26)20(23-22(27)28)15-17-5-3-2-4-6-17/h2-10,20,23H,11-16H2,1H3,(H,27,28). The molecule has 1 saturated heterocycles. The third-order valence-electron chi connectivity index (χ3n) is 5.32. The minimum absolute atomic E-state index is 0.219. The Morgan fingerprint density at radius 1 is 0.968 bits per heavy atom. The number of nitrogens with one attached hydrogen (secondary N) is 1. The molecule has 1 aliphatic rings. The molecule has 0 saturated carbocycles. The van der Waals surface area contributed by atoms with Crippen LogP contribution in [0.3, 0.4) is 0 Å². The van der Waals surface area contributed by atoms with Crippen molar-refractivity contribution in [1.82, 2.24) is 15.1 Å². The van der Waals surface area contributed by atoms with E-state index in [4.69, 9.17) is 5.11 Å². The number of amides is 2. The van der Waals surface area contributed by atoms with E-state index in [9.17, 15) is 18.0 Å². The van der Waals surface area contributed by atoms with Gasteiger partial charge in [0.15, 0.2) is 9.84 Å². The zero-order valence-corrected chi connectivity index (χ0v) is 18.2. The van der Waals surface area contributed by atoms with Gasteiger partial charge in [0, 0.05) is 45.4 Å². The highest BCUT2D eigenvalue weighted by Crippen LogP contribution is 2.14. The van der Waals surface area contributed by atoms with Crippen molar-refractivity contribution in [3.8, 4) is 0 Å². The molecule has 1 heterocycles. The van der Waals surface area contributed by atoms with Gasteiger partial charge < -0.3 is 15.3 Å². The number of piperazine rings is 1. The Morgan fingerprint density at radius 3 is 2.13 bits per heavy atom. The van der Waals surface area contributed by atoms with Crippen molar-refractivity contribution in [1.29, 1.82) is 0 Å². The Kier molecular flexibility index (Phi) is 7.29. The van der Waals surface area contributed by atoms with Gasteiger partial charge in [0.05, 0.1) is 4.90 Å². The van der Waals surface area contributed by atoms with E-state index >= 15 is 0 Å². The summed E-state index contributed by atoms with van der Waals surface area (Å²) in [6, 6.07) is 15.3. The lowest BCUT2D eigenvalue weighted by Crippen LogP contribution is -2.55. The second kappa shape index (κ2) is 9.93. The number of carbonyl (C=O) groups excluding carboxylic acids is 1. The first-order valence-corrected chi connectivity index (χ1v) is 11.9. The molecule has 9 heteroatoms. The van der Waals surface area contributed by atoms with E-state index < -0.39 is 22.0 Å². The molecule has 1 unspecified atom stereocenters. The molecule has 2 N–H and O–H groups in total. The van der Waals surface area contributed by atoms with Crippen LogP contribution in [0.15, 0.2) is 59.5 Å². The molecule has 0 aromatic heterocycles. The average Bonchev–Trinajstić information content (AvgIpc) is 2.73. The molecular formula is C22H27N3O5S. The molecule has 2 aromatic carbocycles. The van der Waals surface area contributed by atoms with Crippen molar-refractivity contribution in [2.45, 2.75) is 23.9 Å². The molecule has 8 nitrogen and oxygen atoms in total. The topological polar surface area (TPSA) is 107 Å². The van der Waals surface area contributed by atoms with Gasteiger partial charge in [0.2, 0.25) is 5.91 Å². The molecule has 2 aromatic rings. The molecule has 1 aliphatic heterocycles. The second-order valence-corrected chi connectivity index (χ2v) is 9.73.